The number of nitrogens with zero attached hydrogens (tertiary/aromatic N) is 3. The van der Waals surface area contributed by atoms with Gasteiger partial charge >= 0.3 is 0 Å². The highest BCUT2D eigenvalue weighted by Gasteiger charge is 2.10. The number of aryl methyl sites for hydroxylation is 1. The molecule has 3 aromatic rings. The molecule has 5 nitrogen and oxygen atoms in total. The summed E-state index contributed by atoms with van der Waals surface area (Å²) in [6.45, 7) is 1.75. The van der Waals surface area contributed by atoms with Crippen LogP contribution in [-0.4, -0.2) is 14.6 Å². The number of fused-ring (bicyclic) bond motifs is 1. The average Bonchev–Trinajstić information content (AvgIpc) is 2.87. The van der Waals surface area contributed by atoms with Gasteiger partial charge in [0.05, 0.1) is 11.1 Å². The summed E-state index contributed by atoms with van der Waals surface area (Å²) in [4.78, 5) is 13.2. The maximum atomic E-state index is 11.8. The maximum Gasteiger partial charge on any atom is 0.259 e. The third-order valence-corrected chi connectivity index (χ3v) is 3.22. The molecule has 0 aliphatic carbocycles. The Hall–Kier alpha value is -1.95. The van der Waals surface area contributed by atoms with Crippen LogP contribution < -0.4 is 5.56 Å². The highest BCUT2D eigenvalue weighted by molar-refractivity contribution is 7.19. The van der Waals surface area contributed by atoms with Crippen LogP contribution in [0.15, 0.2) is 33.7 Å². The predicted molar refractivity (Wildman–Crippen MR) is 59.6 cm³/mol. The van der Waals surface area contributed by atoms with Crippen LogP contribution >= 0.6 is 11.3 Å². The lowest BCUT2D eigenvalue weighted by Gasteiger charge is -1.96. The molecule has 0 unspecified atom stereocenters. The summed E-state index contributed by atoms with van der Waals surface area (Å²) >= 11 is 1.38. The molecule has 6 heteroatoms. The van der Waals surface area contributed by atoms with Crippen LogP contribution in [0.3, 0.4) is 0 Å². The van der Waals surface area contributed by atoms with Crippen LogP contribution in [0.2, 0.25) is 0 Å². The summed E-state index contributed by atoms with van der Waals surface area (Å²) in [7, 11) is 0. The number of hydrogen-bond donors (Lipinski definition) is 0. The standard InChI is InChI=1S/C10H7N3O2S/c1-6-11-12-10-13(6)9(14)5-8(16-10)7-3-2-4-15-7/h2-5H,1H3. The van der Waals surface area contributed by atoms with Gasteiger partial charge in [-0.2, -0.15) is 0 Å². The van der Waals surface area contributed by atoms with Crippen LogP contribution in [0.25, 0.3) is 15.6 Å². The zero-order valence-electron chi connectivity index (χ0n) is 8.38. The van der Waals surface area contributed by atoms with Crippen LogP contribution in [0.5, 0.6) is 0 Å². The molecule has 16 heavy (non-hydrogen) atoms. The first-order valence-corrected chi connectivity index (χ1v) is 5.47. The molecule has 0 bridgehead atoms. The van der Waals surface area contributed by atoms with Gasteiger partial charge in [0.25, 0.3) is 5.56 Å². The molecule has 80 valence electrons. The summed E-state index contributed by atoms with van der Waals surface area (Å²) in [5, 5.41) is 7.81. The van der Waals surface area contributed by atoms with Crippen molar-refractivity contribution in [1.29, 1.82) is 0 Å². The SMILES string of the molecule is Cc1nnc2sc(-c3ccco3)cc(=O)n12. The average molecular weight is 233 g/mol. The Kier molecular flexibility index (Phi) is 1.90. The quantitative estimate of drug-likeness (QED) is 0.642. The molecule has 0 saturated heterocycles. The second kappa shape index (κ2) is 3.28. The van der Waals surface area contributed by atoms with Gasteiger partial charge in [-0.1, -0.05) is 11.3 Å². The molecule has 0 amide bonds. The third-order valence-electron chi connectivity index (χ3n) is 2.24. The van der Waals surface area contributed by atoms with E-state index in [1.165, 1.54) is 21.8 Å². The van der Waals surface area contributed by atoms with Gasteiger partial charge in [-0.3, -0.25) is 4.79 Å². The van der Waals surface area contributed by atoms with Gasteiger partial charge in [0.2, 0.25) is 4.96 Å². The van der Waals surface area contributed by atoms with Crippen molar-refractivity contribution in [1.82, 2.24) is 14.6 Å². The van der Waals surface area contributed by atoms with Gasteiger partial charge in [0, 0.05) is 6.07 Å². The molecule has 3 heterocycles. The van der Waals surface area contributed by atoms with Gasteiger partial charge in [-0.05, 0) is 19.1 Å². The number of aromatic nitrogens is 3. The molecule has 0 saturated carbocycles. The van der Waals surface area contributed by atoms with E-state index in [4.69, 9.17) is 4.42 Å². The maximum absolute atomic E-state index is 11.8. The van der Waals surface area contributed by atoms with Crippen LogP contribution in [0, 0.1) is 6.92 Å². The normalized spacial score (nSPS) is 11.1. The minimum absolute atomic E-state index is 0.136. The van der Waals surface area contributed by atoms with E-state index in [9.17, 15) is 4.79 Å². The monoisotopic (exact) mass is 233 g/mol. The molecule has 0 aromatic carbocycles. The first-order valence-electron chi connectivity index (χ1n) is 4.65. The summed E-state index contributed by atoms with van der Waals surface area (Å²) < 4.78 is 6.73. The number of rotatable bonds is 1. The molecule has 0 aliphatic heterocycles. The Balaban J connectivity index is 2.34. The molecule has 0 radical (unpaired) electrons. The second-order valence-corrected chi connectivity index (χ2v) is 4.30. The van der Waals surface area contributed by atoms with Gasteiger partial charge in [0.1, 0.15) is 11.6 Å². The highest BCUT2D eigenvalue weighted by atomic mass is 32.1. The molecule has 0 aliphatic rings. The first kappa shape index (κ1) is 9.29. The van der Waals surface area contributed by atoms with Crippen molar-refractivity contribution < 1.29 is 4.42 Å². The third kappa shape index (κ3) is 1.27. The molecule has 3 aromatic heterocycles. The Morgan fingerprint density at radius 2 is 2.31 bits per heavy atom. The lowest BCUT2D eigenvalue weighted by Crippen LogP contribution is -2.11. The van der Waals surface area contributed by atoms with E-state index in [2.05, 4.69) is 10.2 Å². The summed E-state index contributed by atoms with van der Waals surface area (Å²) in [5.74, 6) is 1.27. The van der Waals surface area contributed by atoms with Crippen molar-refractivity contribution >= 4 is 16.3 Å². The Bertz CT molecular complexity index is 696. The largest absolute Gasteiger partial charge is 0.464 e. The van der Waals surface area contributed by atoms with E-state index in [0.29, 0.717) is 16.5 Å². The summed E-state index contributed by atoms with van der Waals surface area (Å²) in [5.41, 5.74) is -0.136. The van der Waals surface area contributed by atoms with Crippen molar-refractivity contribution in [3.8, 4) is 10.6 Å². The molecule has 0 atom stereocenters. The van der Waals surface area contributed by atoms with E-state index in [1.807, 2.05) is 6.07 Å². The summed E-state index contributed by atoms with van der Waals surface area (Å²) in [6, 6.07) is 5.13. The highest BCUT2D eigenvalue weighted by Crippen LogP contribution is 2.24. The first-order chi connectivity index (χ1) is 7.75. The van der Waals surface area contributed by atoms with E-state index in [1.54, 1.807) is 19.3 Å². The van der Waals surface area contributed by atoms with Gasteiger partial charge in [-0.15, -0.1) is 10.2 Å². The Morgan fingerprint density at radius 1 is 1.44 bits per heavy atom. The zero-order valence-corrected chi connectivity index (χ0v) is 9.19. The lowest BCUT2D eigenvalue weighted by atomic mass is 10.4. The van der Waals surface area contributed by atoms with Gasteiger partial charge in [-0.25, -0.2) is 4.40 Å². The van der Waals surface area contributed by atoms with Crippen LogP contribution in [0.1, 0.15) is 5.82 Å². The fourth-order valence-electron chi connectivity index (χ4n) is 1.51. The van der Waals surface area contributed by atoms with E-state index < -0.39 is 0 Å². The molecular formula is C10H7N3O2S. The van der Waals surface area contributed by atoms with Crippen molar-refractivity contribution in [2.45, 2.75) is 6.92 Å². The van der Waals surface area contributed by atoms with E-state index in [-0.39, 0.29) is 5.56 Å². The lowest BCUT2D eigenvalue weighted by molar-refractivity contribution is 0.583. The van der Waals surface area contributed by atoms with Crippen LogP contribution in [0.4, 0.5) is 0 Å². The van der Waals surface area contributed by atoms with Crippen LogP contribution in [-0.2, 0) is 0 Å². The van der Waals surface area contributed by atoms with Gasteiger partial charge < -0.3 is 4.42 Å². The van der Waals surface area contributed by atoms with Crippen molar-refractivity contribution in [3.05, 3.63) is 40.6 Å². The molecular weight excluding hydrogens is 226 g/mol. The summed E-state index contributed by atoms with van der Waals surface area (Å²) in [6.07, 6.45) is 1.58. The fourth-order valence-corrected chi connectivity index (χ4v) is 2.48. The van der Waals surface area contributed by atoms with Crippen molar-refractivity contribution in [3.63, 3.8) is 0 Å². The van der Waals surface area contributed by atoms with Gasteiger partial charge in [0.15, 0.2) is 0 Å². The number of furan rings is 1. The number of hydrogen-bond acceptors (Lipinski definition) is 5. The smallest absolute Gasteiger partial charge is 0.259 e. The molecule has 3 rings (SSSR count). The predicted octanol–water partition coefficient (Wildman–Crippen LogP) is 1.72. The minimum atomic E-state index is -0.136. The van der Waals surface area contributed by atoms with E-state index >= 15 is 0 Å². The Labute approximate surface area is 94.0 Å². The van der Waals surface area contributed by atoms with E-state index in [0.717, 1.165) is 4.88 Å². The van der Waals surface area contributed by atoms with Crippen molar-refractivity contribution in [2.75, 3.05) is 0 Å². The molecule has 0 fully saturated rings. The Morgan fingerprint density at radius 3 is 3.06 bits per heavy atom. The zero-order chi connectivity index (χ0) is 11.1. The minimum Gasteiger partial charge on any atom is -0.464 e. The fraction of sp³-hybridized carbons (Fsp3) is 0.100. The molecule has 0 spiro atoms. The van der Waals surface area contributed by atoms with Crippen molar-refractivity contribution in [2.24, 2.45) is 0 Å². The molecule has 0 N–H and O–H groups in total. The second-order valence-electron chi connectivity index (χ2n) is 3.29. The topological polar surface area (TPSA) is 60.4 Å².